The second kappa shape index (κ2) is 15.0. The highest BCUT2D eigenvalue weighted by Crippen LogP contribution is 2.36. The fourth-order valence-corrected chi connectivity index (χ4v) is 3.38. The van der Waals surface area contributed by atoms with Crippen LogP contribution < -0.4 is 20.1 Å². The fourth-order valence-electron chi connectivity index (χ4n) is 3.09. The molecule has 7 nitrogen and oxygen atoms in total. The van der Waals surface area contributed by atoms with E-state index in [2.05, 4.69) is 15.5 Å². The highest BCUT2D eigenvalue weighted by Gasteiger charge is 2.17. The average molecular weight is 501 g/mol. The number of carbonyl (C=O) groups excluding carboxylic acids is 1. The molecule has 0 aliphatic carbocycles. The standard InChI is InChI=1S/C21H34ClN3O4.2ClH/c1-21(2,3)24-19(26)15-29-20-17(22)12-16(13-18(20)27-4)14-23-6-5-7-25-8-10-28-11-9-25;;/h12-13,23H,5-11,14-15H2,1-4H3,(H,24,26);2*1H. The molecule has 1 amide bonds. The number of nitrogens with zero attached hydrogens (tertiary/aromatic N) is 1. The summed E-state index contributed by atoms with van der Waals surface area (Å²) < 4.78 is 16.4. The lowest BCUT2D eigenvalue weighted by molar-refractivity contribution is -0.124. The third-order valence-corrected chi connectivity index (χ3v) is 4.69. The molecule has 180 valence electrons. The lowest BCUT2D eigenvalue weighted by Crippen LogP contribution is -2.43. The molecule has 31 heavy (non-hydrogen) atoms. The molecule has 1 aromatic carbocycles. The van der Waals surface area contributed by atoms with Gasteiger partial charge in [-0.25, -0.2) is 0 Å². The van der Waals surface area contributed by atoms with Gasteiger partial charge in [0.1, 0.15) is 0 Å². The largest absolute Gasteiger partial charge is 0.493 e. The first-order valence-corrected chi connectivity index (χ1v) is 10.5. The molecule has 2 N–H and O–H groups in total. The van der Waals surface area contributed by atoms with Crippen LogP contribution in [0.4, 0.5) is 0 Å². The molecule has 0 unspecified atom stereocenters. The summed E-state index contributed by atoms with van der Waals surface area (Å²) in [5, 5.41) is 6.72. The van der Waals surface area contributed by atoms with Crippen LogP contribution in [0.1, 0.15) is 32.8 Å². The lowest BCUT2D eigenvalue weighted by Gasteiger charge is -2.26. The number of hydrogen-bond donors (Lipinski definition) is 2. The van der Waals surface area contributed by atoms with Gasteiger partial charge >= 0.3 is 0 Å². The summed E-state index contributed by atoms with van der Waals surface area (Å²) in [7, 11) is 1.56. The van der Waals surface area contributed by atoms with E-state index in [9.17, 15) is 4.79 Å². The molecule has 1 saturated heterocycles. The third-order valence-electron chi connectivity index (χ3n) is 4.41. The summed E-state index contributed by atoms with van der Waals surface area (Å²) in [6, 6.07) is 3.73. The first-order valence-electron chi connectivity index (χ1n) is 10.1. The topological polar surface area (TPSA) is 72.1 Å². The minimum Gasteiger partial charge on any atom is -0.493 e. The zero-order valence-electron chi connectivity index (χ0n) is 18.8. The second-order valence-corrected chi connectivity index (χ2v) is 8.59. The molecule has 1 heterocycles. The monoisotopic (exact) mass is 499 g/mol. The van der Waals surface area contributed by atoms with E-state index in [0.29, 0.717) is 23.1 Å². The highest BCUT2D eigenvalue weighted by atomic mass is 35.5. The van der Waals surface area contributed by atoms with Crippen LogP contribution in [0.5, 0.6) is 11.5 Å². The number of morpholine rings is 1. The Morgan fingerprint density at radius 2 is 1.90 bits per heavy atom. The normalized spacial score (nSPS) is 14.2. The van der Waals surface area contributed by atoms with E-state index in [4.69, 9.17) is 25.8 Å². The minimum atomic E-state index is -0.314. The molecule has 1 aliphatic heterocycles. The number of rotatable bonds is 10. The van der Waals surface area contributed by atoms with Gasteiger partial charge in [0.05, 0.1) is 25.3 Å². The first kappa shape index (κ1) is 30.0. The van der Waals surface area contributed by atoms with E-state index < -0.39 is 0 Å². The summed E-state index contributed by atoms with van der Waals surface area (Å²) in [6.45, 7) is 12.0. The second-order valence-electron chi connectivity index (χ2n) is 8.18. The summed E-state index contributed by atoms with van der Waals surface area (Å²) in [6.07, 6.45) is 1.08. The molecule has 1 aliphatic rings. The Morgan fingerprint density at radius 1 is 1.23 bits per heavy atom. The van der Waals surface area contributed by atoms with Crippen LogP contribution in [0.25, 0.3) is 0 Å². The molecule has 0 saturated carbocycles. The van der Waals surface area contributed by atoms with E-state index in [1.54, 1.807) is 7.11 Å². The van der Waals surface area contributed by atoms with Gasteiger partial charge < -0.3 is 24.8 Å². The number of nitrogens with one attached hydrogen (secondary N) is 2. The Labute approximate surface area is 203 Å². The van der Waals surface area contributed by atoms with Gasteiger partial charge in [0.2, 0.25) is 0 Å². The average Bonchev–Trinajstić information content (AvgIpc) is 2.66. The molecule has 10 heteroatoms. The van der Waals surface area contributed by atoms with Crippen LogP contribution in [0.3, 0.4) is 0 Å². The molecular weight excluding hydrogens is 465 g/mol. The van der Waals surface area contributed by atoms with Crippen molar-refractivity contribution in [2.75, 3.05) is 53.1 Å². The SMILES string of the molecule is COc1cc(CNCCCN2CCOCC2)cc(Cl)c1OCC(=O)NC(C)(C)C.Cl.Cl. The van der Waals surface area contributed by atoms with Crippen LogP contribution in [-0.4, -0.2) is 69.5 Å². The smallest absolute Gasteiger partial charge is 0.258 e. The molecule has 0 aromatic heterocycles. The van der Waals surface area contributed by atoms with Gasteiger partial charge in [0.25, 0.3) is 5.91 Å². The Morgan fingerprint density at radius 3 is 2.52 bits per heavy atom. The lowest BCUT2D eigenvalue weighted by atomic mass is 10.1. The fraction of sp³-hybridized carbons (Fsp3) is 0.667. The number of ether oxygens (including phenoxy) is 3. The number of benzene rings is 1. The van der Waals surface area contributed by atoms with Crippen molar-refractivity contribution in [3.8, 4) is 11.5 Å². The van der Waals surface area contributed by atoms with Crippen LogP contribution in [0, 0.1) is 0 Å². The maximum absolute atomic E-state index is 12.0. The maximum Gasteiger partial charge on any atom is 0.258 e. The zero-order valence-corrected chi connectivity index (χ0v) is 21.2. The van der Waals surface area contributed by atoms with Crippen molar-refractivity contribution < 1.29 is 19.0 Å². The first-order chi connectivity index (χ1) is 13.8. The van der Waals surface area contributed by atoms with Gasteiger partial charge in [0, 0.05) is 25.2 Å². The summed E-state index contributed by atoms with van der Waals surface area (Å²) in [5.74, 6) is 0.696. The van der Waals surface area contributed by atoms with Gasteiger partial charge in [-0.1, -0.05) is 11.6 Å². The molecule has 0 atom stereocenters. The Balaban J connectivity index is 0.00000450. The van der Waals surface area contributed by atoms with E-state index >= 15 is 0 Å². The Bertz CT molecular complexity index is 666. The summed E-state index contributed by atoms with van der Waals surface area (Å²) >= 11 is 6.39. The molecule has 0 radical (unpaired) electrons. The van der Waals surface area contributed by atoms with Crippen molar-refractivity contribution in [2.45, 2.75) is 39.3 Å². The van der Waals surface area contributed by atoms with E-state index in [-0.39, 0.29) is 42.9 Å². The summed E-state index contributed by atoms with van der Waals surface area (Å²) in [4.78, 5) is 14.4. The van der Waals surface area contributed by atoms with Gasteiger partial charge in [-0.3, -0.25) is 9.69 Å². The third kappa shape index (κ3) is 11.5. The van der Waals surface area contributed by atoms with Crippen molar-refractivity contribution in [2.24, 2.45) is 0 Å². The Hall–Kier alpha value is -0.960. The molecule has 0 spiro atoms. The van der Waals surface area contributed by atoms with Crippen molar-refractivity contribution >= 4 is 42.3 Å². The van der Waals surface area contributed by atoms with Crippen LogP contribution in [-0.2, 0) is 16.1 Å². The highest BCUT2D eigenvalue weighted by molar-refractivity contribution is 6.32. The van der Waals surface area contributed by atoms with E-state index in [0.717, 1.165) is 51.4 Å². The van der Waals surface area contributed by atoms with Gasteiger partial charge in [0.15, 0.2) is 18.1 Å². The van der Waals surface area contributed by atoms with Crippen molar-refractivity contribution in [1.29, 1.82) is 0 Å². The molecular formula is C21H36Cl3N3O4. The molecule has 2 rings (SSSR count). The van der Waals surface area contributed by atoms with Gasteiger partial charge in [-0.2, -0.15) is 0 Å². The number of carbonyl (C=O) groups is 1. The van der Waals surface area contributed by atoms with Gasteiger partial charge in [-0.15, -0.1) is 24.8 Å². The number of methoxy groups -OCH3 is 1. The predicted molar refractivity (Wildman–Crippen MR) is 129 cm³/mol. The zero-order chi connectivity index (χ0) is 21.3. The molecule has 1 aromatic rings. The molecule has 0 bridgehead atoms. The van der Waals surface area contributed by atoms with Gasteiger partial charge in [-0.05, 0) is 58.0 Å². The number of halogens is 3. The van der Waals surface area contributed by atoms with Crippen LogP contribution in [0.2, 0.25) is 5.02 Å². The van der Waals surface area contributed by atoms with Crippen molar-refractivity contribution in [3.05, 3.63) is 22.7 Å². The van der Waals surface area contributed by atoms with E-state index in [1.165, 1.54) is 0 Å². The van der Waals surface area contributed by atoms with Crippen molar-refractivity contribution in [3.63, 3.8) is 0 Å². The predicted octanol–water partition coefficient (Wildman–Crippen LogP) is 3.30. The quantitative estimate of drug-likeness (QED) is 0.480. The minimum absolute atomic E-state index is 0. The van der Waals surface area contributed by atoms with Crippen molar-refractivity contribution in [1.82, 2.24) is 15.5 Å². The summed E-state index contributed by atoms with van der Waals surface area (Å²) in [5.41, 5.74) is 0.691. The molecule has 1 fully saturated rings. The number of hydrogen-bond acceptors (Lipinski definition) is 6. The van der Waals surface area contributed by atoms with Crippen LogP contribution >= 0.6 is 36.4 Å². The maximum atomic E-state index is 12.0. The van der Waals surface area contributed by atoms with Crippen LogP contribution in [0.15, 0.2) is 12.1 Å². The Kier molecular flexibility index (Phi) is 14.5. The number of amides is 1. The van der Waals surface area contributed by atoms with E-state index in [1.807, 2.05) is 32.9 Å².